The standard InChI is InChI=1S/C13H17NO4/c1-8-4-5-10(11(6-8)18-3)12(15)14-7-9(2)13(16)17/h4-6,9H,7H2,1-3H3,(H,14,15)(H,16,17). The molecule has 1 aromatic rings. The third kappa shape index (κ3) is 3.48. The van der Waals surface area contributed by atoms with Gasteiger partial charge in [-0.2, -0.15) is 0 Å². The molecular formula is C13H17NO4. The Kier molecular flexibility index (Phi) is 4.71. The summed E-state index contributed by atoms with van der Waals surface area (Å²) < 4.78 is 5.12. The molecule has 1 aromatic carbocycles. The Balaban J connectivity index is 2.75. The van der Waals surface area contributed by atoms with Crippen molar-refractivity contribution in [3.05, 3.63) is 29.3 Å². The number of benzene rings is 1. The Hall–Kier alpha value is -2.04. The highest BCUT2D eigenvalue weighted by atomic mass is 16.5. The van der Waals surface area contributed by atoms with Gasteiger partial charge in [0, 0.05) is 6.54 Å². The van der Waals surface area contributed by atoms with Crippen LogP contribution in [0.25, 0.3) is 0 Å². The van der Waals surface area contributed by atoms with Gasteiger partial charge in [-0.15, -0.1) is 0 Å². The van der Waals surface area contributed by atoms with Gasteiger partial charge in [0.25, 0.3) is 5.91 Å². The number of carbonyl (C=O) groups is 2. The number of carbonyl (C=O) groups excluding carboxylic acids is 1. The van der Waals surface area contributed by atoms with E-state index in [2.05, 4.69) is 5.32 Å². The Labute approximate surface area is 106 Å². The first-order chi connectivity index (χ1) is 8.45. The molecule has 5 nitrogen and oxygen atoms in total. The molecule has 1 amide bonds. The van der Waals surface area contributed by atoms with Crippen molar-refractivity contribution in [2.24, 2.45) is 5.92 Å². The molecule has 98 valence electrons. The minimum absolute atomic E-state index is 0.0885. The van der Waals surface area contributed by atoms with Gasteiger partial charge in [0.15, 0.2) is 0 Å². The smallest absolute Gasteiger partial charge is 0.308 e. The van der Waals surface area contributed by atoms with Gasteiger partial charge < -0.3 is 15.2 Å². The number of carboxylic acid groups (broad SMARTS) is 1. The fraction of sp³-hybridized carbons (Fsp3) is 0.385. The van der Waals surface area contributed by atoms with Crippen LogP contribution in [0.2, 0.25) is 0 Å². The second-order valence-electron chi connectivity index (χ2n) is 4.15. The van der Waals surface area contributed by atoms with Crippen LogP contribution in [-0.4, -0.2) is 30.6 Å². The summed E-state index contributed by atoms with van der Waals surface area (Å²) in [4.78, 5) is 22.5. The Morgan fingerprint density at radius 3 is 2.67 bits per heavy atom. The van der Waals surface area contributed by atoms with Gasteiger partial charge in [-0.3, -0.25) is 9.59 Å². The third-order valence-electron chi connectivity index (χ3n) is 2.59. The second kappa shape index (κ2) is 6.05. The van der Waals surface area contributed by atoms with Crippen LogP contribution >= 0.6 is 0 Å². The lowest BCUT2D eigenvalue weighted by molar-refractivity contribution is -0.140. The van der Waals surface area contributed by atoms with Gasteiger partial charge in [0.2, 0.25) is 0 Å². The van der Waals surface area contributed by atoms with Crippen molar-refractivity contribution in [2.45, 2.75) is 13.8 Å². The number of ether oxygens (including phenoxy) is 1. The van der Waals surface area contributed by atoms with Crippen LogP contribution in [-0.2, 0) is 4.79 Å². The molecule has 1 unspecified atom stereocenters. The zero-order valence-corrected chi connectivity index (χ0v) is 10.7. The van der Waals surface area contributed by atoms with Gasteiger partial charge in [-0.25, -0.2) is 0 Å². The average molecular weight is 251 g/mol. The molecule has 0 saturated carbocycles. The highest BCUT2D eigenvalue weighted by molar-refractivity contribution is 5.97. The topological polar surface area (TPSA) is 75.6 Å². The van der Waals surface area contributed by atoms with E-state index in [-0.39, 0.29) is 12.5 Å². The van der Waals surface area contributed by atoms with Crippen molar-refractivity contribution in [2.75, 3.05) is 13.7 Å². The molecular weight excluding hydrogens is 234 g/mol. The fourth-order valence-corrected chi connectivity index (χ4v) is 1.41. The summed E-state index contributed by atoms with van der Waals surface area (Å²) in [7, 11) is 1.49. The lowest BCUT2D eigenvalue weighted by Crippen LogP contribution is -2.31. The van der Waals surface area contributed by atoms with Crippen LogP contribution in [0.15, 0.2) is 18.2 Å². The van der Waals surface area contributed by atoms with Crippen molar-refractivity contribution in [1.29, 1.82) is 0 Å². The molecule has 0 aliphatic heterocycles. The first-order valence-corrected chi connectivity index (χ1v) is 5.61. The van der Waals surface area contributed by atoms with Crippen LogP contribution in [0, 0.1) is 12.8 Å². The quantitative estimate of drug-likeness (QED) is 0.830. The molecule has 18 heavy (non-hydrogen) atoms. The molecule has 0 radical (unpaired) electrons. The van der Waals surface area contributed by atoms with Crippen molar-refractivity contribution in [1.82, 2.24) is 5.32 Å². The lowest BCUT2D eigenvalue weighted by Gasteiger charge is -2.11. The largest absolute Gasteiger partial charge is 0.496 e. The van der Waals surface area contributed by atoms with E-state index in [0.29, 0.717) is 11.3 Å². The number of amides is 1. The number of hydrogen-bond acceptors (Lipinski definition) is 3. The predicted octanol–water partition coefficient (Wildman–Crippen LogP) is 1.45. The molecule has 0 aliphatic rings. The summed E-state index contributed by atoms with van der Waals surface area (Å²) in [5.41, 5.74) is 1.39. The van der Waals surface area contributed by atoms with Crippen LogP contribution in [0.4, 0.5) is 0 Å². The molecule has 1 rings (SSSR count). The zero-order valence-electron chi connectivity index (χ0n) is 10.7. The first kappa shape index (κ1) is 14.0. The zero-order chi connectivity index (χ0) is 13.7. The fourth-order valence-electron chi connectivity index (χ4n) is 1.41. The van der Waals surface area contributed by atoms with Crippen LogP contribution < -0.4 is 10.1 Å². The molecule has 0 aromatic heterocycles. The average Bonchev–Trinajstić information content (AvgIpc) is 2.34. The summed E-state index contributed by atoms with van der Waals surface area (Å²) in [5, 5.41) is 11.3. The van der Waals surface area contributed by atoms with Gasteiger partial charge >= 0.3 is 5.97 Å². The lowest BCUT2D eigenvalue weighted by atomic mass is 10.1. The number of methoxy groups -OCH3 is 1. The van der Waals surface area contributed by atoms with Gasteiger partial charge in [0.05, 0.1) is 18.6 Å². The third-order valence-corrected chi connectivity index (χ3v) is 2.59. The summed E-state index contributed by atoms with van der Waals surface area (Å²) in [6.07, 6.45) is 0. The van der Waals surface area contributed by atoms with Crippen molar-refractivity contribution in [3.63, 3.8) is 0 Å². The molecule has 0 saturated heterocycles. The van der Waals surface area contributed by atoms with E-state index < -0.39 is 11.9 Å². The maximum atomic E-state index is 11.9. The summed E-state index contributed by atoms with van der Waals surface area (Å²) >= 11 is 0. The van der Waals surface area contributed by atoms with E-state index >= 15 is 0 Å². The van der Waals surface area contributed by atoms with Gasteiger partial charge in [0.1, 0.15) is 5.75 Å². The second-order valence-corrected chi connectivity index (χ2v) is 4.15. The SMILES string of the molecule is COc1cc(C)ccc1C(=O)NCC(C)C(=O)O. The van der Waals surface area contributed by atoms with Crippen LogP contribution in [0.1, 0.15) is 22.8 Å². The number of aliphatic carboxylic acids is 1. The molecule has 0 aliphatic carbocycles. The number of aryl methyl sites for hydroxylation is 1. The predicted molar refractivity (Wildman–Crippen MR) is 66.9 cm³/mol. The molecule has 0 spiro atoms. The molecule has 5 heteroatoms. The van der Waals surface area contributed by atoms with E-state index in [4.69, 9.17) is 9.84 Å². The molecule has 0 heterocycles. The molecule has 0 bridgehead atoms. The van der Waals surface area contributed by atoms with E-state index in [1.54, 1.807) is 18.2 Å². The normalized spacial score (nSPS) is 11.7. The number of rotatable bonds is 5. The van der Waals surface area contributed by atoms with Crippen LogP contribution in [0.3, 0.4) is 0 Å². The molecule has 0 fully saturated rings. The number of nitrogens with one attached hydrogen (secondary N) is 1. The van der Waals surface area contributed by atoms with Gasteiger partial charge in [-0.1, -0.05) is 13.0 Å². The Morgan fingerprint density at radius 2 is 2.11 bits per heavy atom. The number of carboxylic acids is 1. The number of hydrogen-bond donors (Lipinski definition) is 2. The monoisotopic (exact) mass is 251 g/mol. The van der Waals surface area contributed by atoms with Crippen LogP contribution in [0.5, 0.6) is 5.75 Å². The van der Waals surface area contributed by atoms with E-state index in [1.807, 2.05) is 6.92 Å². The molecule has 1 atom stereocenters. The maximum absolute atomic E-state index is 11.9. The molecule has 2 N–H and O–H groups in total. The van der Waals surface area contributed by atoms with E-state index in [1.165, 1.54) is 14.0 Å². The summed E-state index contributed by atoms with van der Waals surface area (Å²) in [6, 6.07) is 5.22. The van der Waals surface area contributed by atoms with Gasteiger partial charge in [-0.05, 0) is 24.6 Å². The Bertz CT molecular complexity index is 456. The highest BCUT2D eigenvalue weighted by Crippen LogP contribution is 2.19. The highest BCUT2D eigenvalue weighted by Gasteiger charge is 2.15. The maximum Gasteiger partial charge on any atom is 0.308 e. The van der Waals surface area contributed by atoms with Crippen molar-refractivity contribution in [3.8, 4) is 5.75 Å². The minimum atomic E-state index is -0.939. The summed E-state index contributed by atoms with van der Waals surface area (Å²) in [6.45, 7) is 3.52. The first-order valence-electron chi connectivity index (χ1n) is 5.61. The van der Waals surface area contributed by atoms with E-state index in [0.717, 1.165) is 5.56 Å². The Morgan fingerprint density at radius 1 is 1.44 bits per heavy atom. The van der Waals surface area contributed by atoms with Crippen molar-refractivity contribution < 1.29 is 19.4 Å². The minimum Gasteiger partial charge on any atom is -0.496 e. The van der Waals surface area contributed by atoms with Crippen molar-refractivity contribution >= 4 is 11.9 Å². The summed E-state index contributed by atoms with van der Waals surface area (Å²) in [5.74, 6) is -1.41. The van der Waals surface area contributed by atoms with E-state index in [9.17, 15) is 9.59 Å².